The summed E-state index contributed by atoms with van der Waals surface area (Å²) in [5.74, 6) is 0.282. The fourth-order valence-electron chi connectivity index (χ4n) is 7.23. The number of halogens is 1. The lowest BCUT2D eigenvalue weighted by atomic mass is 9.58. The monoisotopic (exact) mass is 598 g/mol. The number of rotatable bonds is 0. The smallest absolute Gasteiger partial charge is 0.264 e. The summed E-state index contributed by atoms with van der Waals surface area (Å²) < 4.78 is 34.7. The molecule has 2 aromatic carbocycles. The molecule has 2 aliphatic carbocycles. The summed E-state index contributed by atoms with van der Waals surface area (Å²) in [6, 6.07) is 11.4. The van der Waals surface area contributed by atoms with E-state index in [9.17, 15) is 18.3 Å². The Morgan fingerprint density at radius 2 is 1.98 bits per heavy atom. The number of ether oxygens (including phenoxy) is 1. The molecule has 1 fully saturated rings. The van der Waals surface area contributed by atoms with E-state index in [0.717, 1.165) is 42.8 Å². The van der Waals surface area contributed by atoms with Crippen LogP contribution in [0.15, 0.2) is 48.6 Å². The van der Waals surface area contributed by atoms with Gasteiger partial charge >= 0.3 is 0 Å². The summed E-state index contributed by atoms with van der Waals surface area (Å²) in [6.07, 6.45) is 8.82. The number of allylic oxidation sites excluding steroid dienone is 1. The molecule has 2 aliphatic heterocycles. The second kappa shape index (κ2) is 10.6. The molecule has 0 saturated heterocycles. The molecule has 1 spiro atoms. The molecule has 0 unspecified atom stereocenters. The van der Waals surface area contributed by atoms with Crippen LogP contribution in [0.1, 0.15) is 73.9 Å². The number of nitrogens with zero attached hydrogens (tertiary/aromatic N) is 1. The first kappa shape index (κ1) is 28.6. The molecule has 2 bridgehead atoms. The average molecular weight is 599 g/mol. The minimum atomic E-state index is -3.87. The minimum Gasteiger partial charge on any atom is -0.490 e. The highest BCUT2D eigenvalue weighted by molar-refractivity contribution is 7.90. The normalized spacial score (nSPS) is 33.8. The molecule has 6 rings (SSSR count). The van der Waals surface area contributed by atoms with Gasteiger partial charge in [0, 0.05) is 34.5 Å². The first-order valence-corrected chi connectivity index (χ1v) is 16.6. The fraction of sp³-hybridized carbons (Fsp3) is 0.531. The van der Waals surface area contributed by atoms with Gasteiger partial charge in [0.2, 0.25) is 10.0 Å². The van der Waals surface area contributed by atoms with Gasteiger partial charge in [-0.3, -0.25) is 4.79 Å². The number of aliphatic hydroxyl groups excluding tert-OH is 1. The van der Waals surface area contributed by atoms with Gasteiger partial charge in [0.05, 0.1) is 23.6 Å². The van der Waals surface area contributed by atoms with Crippen molar-refractivity contribution in [1.29, 1.82) is 0 Å². The maximum atomic E-state index is 13.2. The maximum Gasteiger partial charge on any atom is 0.264 e. The molecule has 5 atom stereocenters. The predicted molar refractivity (Wildman–Crippen MR) is 161 cm³/mol. The Labute approximate surface area is 248 Å². The van der Waals surface area contributed by atoms with Gasteiger partial charge in [-0.15, -0.1) is 0 Å². The van der Waals surface area contributed by atoms with E-state index < -0.39 is 27.3 Å². The topological polar surface area (TPSA) is 95.9 Å². The molecule has 1 saturated carbocycles. The van der Waals surface area contributed by atoms with Crippen molar-refractivity contribution in [3.05, 3.63) is 70.3 Å². The third-order valence-electron chi connectivity index (χ3n) is 10.2. The molecular formula is C32H39ClN2O5S. The van der Waals surface area contributed by atoms with Crippen molar-refractivity contribution in [3.8, 4) is 5.75 Å². The van der Waals surface area contributed by atoms with Gasteiger partial charge in [-0.25, -0.2) is 13.1 Å². The van der Waals surface area contributed by atoms with Crippen molar-refractivity contribution < 1.29 is 23.1 Å². The van der Waals surface area contributed by atoms with Gasteiger partial charge < -0.3 is 14.7 Å². The number of aryl methyl sites for hydroxylation is 1. The van der Waals surface area contributed by atoms with Crippen LogP contribution in [0.3, 0.4) is 0 Å². The molecule has 9 heteroatoms. The molecule has 0 radical (unpaired) electrons. The van der Waals surface area contributed by atoms with Crippen LogP contribution in [-0.4, -0.2) is 50.5 Å². The summed E-state index contributed by atoms with van der Waals surface area (Å²) in [4.78, 5) is 15.6. The quantitative estimate of drug-likeness (QED) is 0.395. The number of amides is 1. The Hall–Kier alpha value is -2.55. The van der Waals surface area contributed by atoms with Crippen LogP contribution in [0.25, 0.3) is 0 Å². The second-order valence-electron chi connectivity index (χ2n) is 12.8. The largest absolute Gasteiger partial charge is 0.490 e. The van der Waals surface area contributed by atoms with Crippen LogP contribution < -0.4 is 14.4 Å². The molecule has 2 heterocycles. The number of benzene rings is 2. The van der Waals surface area contributed by atoms with Crippen molar-refractivity contribution in [1.82, 2.24) is 4.72 Å². The van der Waals surface area contributed by atoms with Gasteiger partial charge in [-0.1, -0.05) is 36.7 Å². The van der Waals surface area contributed by atoms with Crippen LogP contribution in [0.4, 0.5) is 5.69 Å². The van der Waals surface area contributed by atoms with Gasteiger partial charge in [0.25, 0.3) is 5.91 Å². The third kappa shape index (κ3) is 5.17. The molecule has 2 aromatic rings. The molecule has 41 heavy (non-hydrogen) atoms. The Morgan fingerprint density at radius 3 is 2.76 bits per heavy atom. The fourth-order valence-corrected chi connectivity index (χ4v) is 8.45. The number of carbonyl (C=O) groups excluding carboxylic acids is 1. The molecular weight excluding hydrogens is 560 g/mol. The first-order chi connectivity index (χ1) is 19.5. The number of carbonyl (C=O) groups is 1. The highest BCUT2D eigenvalue weighted by atomic mass is 35.5. The summed E-state index contributed by atoms with van der Waals surface area (Å²) in [5.41, 5.74) is 3.01. The molecule has 4 aliphatic rings. The van der Waals surface area contributed by atoms with Crippen molar-refractivity contribution in [3.63, 3.8) is 0 Å². The summed E-state index contributed by atoms with van der Waals surface area (Å²) >= 11 is 6.38. The lowest BCUT2D eigenvalue weighted by Gasteiger charge is -2.52. The van der Waals surface area contributed by atoms with E-state index in [1.54, 1.807) is 25.1 Å². The molecule has 7 nitrogen and oxygen atoms in total. The zero-order valence-corrected chi connectivity index (χ0v) is 25.3. The van der Waals surface area contributed by atoms with Gasteiger partial charge in [0.1, 0.15) is 5.75 Å². The average Bonchev–Trinajstić information content (AvgIpc) is 3.08. The van der Waals surface area contributed by atoms with Crippen molar-refractivity contribution >= 4 is 33.2 Å². The van der Waals surface area contributed by atoms with Crippen LogP contribution in [0, 0.1) is 11.3 Å². The lowest BCUT2D eigenvalue weighted by Crippen LogP contribution is -2.53. The summed E-state index contributed by atoms with van der Waals surface area (Å²) in [5, 5.41) is 11.3. The van der Waals surface area contributed by atoms with E-state index in [2.05, 4.69) is 28.7 Å². The standard InChI is InChI=1S/C32H39ClN2O5S/c1-21-6-3-4-8-29(36)31(2)15-13-24(31)18-35-19-32(14-5-7-22-16-25(33)10-11-26(22)32)20-40-28-12-9-23(17-27(28)35)30(37)34-41(21,38)39/h4,8-12,16-17,21,24,29,36H,3,5-7,13-15,18-20H2,1-2H3,(H,34,37)/b8-4+/t21-,24-,29+,31+,32+/m1/s1. The first-order valence-electron chi connectivity index (χ1n) is 14.7. The molecule has 1 amide bonds. The molecule has 0 aromatic heterocycles. The van der Waals surface area contributed by atoms with Crippen molar-refractivity contribution in [2.75, 3.05) is 24.6 Å². The number of fused-ring (bicyclic) bond motifs is 4. The van der Waals surface area contributed by atoms with Gasteiger partial charge in [0.15, 0.2) is 0 Å². The van der Waals surface area contributed by atoms with Crippen LogP contribution >= 0.6 is 11.6 Å². The Morgan fingerprint density at radius 1 is 1.15 bits per heavy atom. The number of anilines is 1. The number of hydrogen-bond acceptors (Lipinski definition) is 6. The SMILES string of the molecule is C[C@@H]1CC/C=C/[C@H](O)[C@@]2(C)CC[C@@H]2CN2C[C@@]3(CCCc4cc(Cl)ccc43)COc3ccc(cc32)C(=O)NS1(=O)=O. The minimum absolute atomic E-state index is 0.239. The summed E-state index contributed by atoms with van der Waals surface area (Å²) in [6.45, 7) is 5.64. The highest BCUT2D eigenvalue weighted by Gasteiger charge is 2.49. The lowest BCUT2D eigenvalue weighted by molar-refractivity contribution is -0.0469. The number of aliphatic hydroxyl groups is 1. The van der Waals surface area contributed by atoms with E-state index in [1.807, 2.05) is 18.2 Å². The van der Waals surface area contributed by atoms with Gasteiger partial charge in [-0.05, 0) is 99.2 Å². The zero-order chi connectivity index (χ0) is 29.0. The second-order valence-corrected chi connectivity index (χ2v) is 15.3. The van der Waals surface area contributed by atoms with Crippen LogP contribution in [-0.2, 0) is 21.9 Å². The summed E-state index contributed by atoms with van der Waals surface area (Å²) in [7, 11) is -3.87. The van der Waals surface area contributed by atoms with E-state index in [4.69, 9.17) is 16.3 Å². The van der Waals surface area contributed by atoms with Crippen molar-refractivity contribution in [2.24, 2.45) is 11.3 Å². The number of nitrogens with one attached hydrogen (secondary N) is 1. The van der Waals surface area contributed by atoms with E-state index >= 15 is 0 Å². The Kier molecular flexibility index (Phi) is 7.40. The number of sulfonamides is 1. The Bertz CT molecular complexity index is 1490. The van der Waals surface area contributed by atoms with E-state index in [1.165, 1.54) is 11.1 Å². The highest BCUT2D eigenvalue weighted by Crippen LogP contribution is 2.52. The van der Waals surface area contributed by atoms with E-state index in [0.29, 0.717) is 38.3 Å². The maximum absolute atomic E-state index is 13.2. The zero-order valence-electron chi connectivity index (χ0n) is 23.7. The number of hydrogen-bond donors (Lipinski definition) is 2. The van der Waals surface area contributed by atoms with Gasteiger partial charge in [-0.2, -0.15) is 0 Å². The van der Waals surface area contributed by atoms with Crippen LogP contribution in [0.5, 0.6) is 5.75 Å². The third-order valence-corrected chi connectivity index (χ3v) is 12.2. The predicted octanol–water partition coefficient (Wildman–Crippen LogP) is 5.39. The molecule has 220 valence electrons. The van der Waals surface area contributed by atoms with Crippen molar-refractivity contribution in [2.45, 2.75) is 75.6 Å². The molecule has 2 N–H and O–H groups in total. The Balaban J connectivity index is 1.44. The van der Waals surface area contributed by atoms with Crippen LogP contribution in [0.2, 0.25) is 5.02 Å². The van der Waals surface area contributed by atoms with E-state index in [-0.39, 0.29) is 22.3 Å².